The molecule has 4 aromatic heterocycles. The predicted molar refractivity (Wildman–Crippen MR) is 185 cm³/mol. The van der Waals surface area contributed by atoms with Crippen molar-refractivity contribution in [2.24, 2.45) is 0 Å². The molecule has 2 aromatic carbocycles. The van der Waals surface area contributed by atoms with Crippen LogP contribution < -0.4 is 0 Å². The third kappa shape index (κ3) is 9.03. The van der Waals surface area contributed by atoms with Crippen molar-refractivity contribution in [1.82, 2.24) is 80.8 Å². The Morgan fingerprint density at radius 2 is 0.560 bits per heavy atom. The Labute approximate surface area is 290 Å². The van der Waals surface area contributed by atoms with E-state index < -0.39 is 0 Å². The largest absolute Gasteiger partial charge is 0.204 e. The molecule has 0 radical (unpaired) electrons. The lowest BCUT2D eigenvalue weighted by molar-refractivity contribution is 0.458. The summed E-state index contributed by atoms with van der Waals surface area (Å²) in [7, 11) is 0. The number of benzene rings is 2. The summed E-state index contributed by atoms with van der Waals surface area (Å²) in [6.07, 6.45) is 15.7. The van der Waals surface area contributed by atoms with Crippen molar-refractivity contribution in [3.05, 3.63) is 48.5 Å². The first-order chi connectivity index (χ1) is 24.8. The van der Waals surface area contributed by atoms with E-state index in [0.717, 1.165) is 99.8 Å². The fourth-order valence-corrected chi connectivity index (χ4v) is 6.19. The molecule has 0 fully saturated rings. The van der Waals surface area contributed by atoms with Crippen LogP contribution in [-0.2, 0) is 26.2 Å². The van der Waals surface area contributed by atoms with E-state index in [4.69, 9.17) is 0 Å². The first-order valence-electron chi connectivity index (χ1n) is 18.1. The molecule has 0 saturated heterocycles. The van der Waals surface area contributed by atoms with Crippen LogP contribution >= 0.6 is 0 Å². The average molecular weight is 677 g/mol. The van der Waals surface area contributed by atoms with Gasteiger partial charge in [-0.1, -0.05) is 101 Å². The van der Waals surface area contributed by atoms with Crippen molar-refractivity contribution >= 4 is 0 Å². The average Bonchev–Trinajstić information content (AvgIpc) is 3.98. The quantitative estimate of drug-likeness (QED) is 0.199. The highest BCUT2D eigenvalue weighted by Gasteiger charge is 2.13. The van der Waals surface area contributed by atoms with Crippen LogP contribution in [0.2, 0.25) is 0 Å². The lowest BCUT2D eigenvalue weighted by atomic mass is 10.1. The number of rotatable bonds is 0. The van der Waals surface area contributed by atoms with Crippen LogP contribution in [0.5, 0.6) is 0 Å². The number of tetrazole rings is 4. The van der Waals surface area contributed by atoms with Gasteiger partial charge in [0.05, 0.1) is 26.2 Å². The van der Waals surface area contributed by atoms with Gasteiger partial charge >= 0.3 is 0 Å². The van der Waals surface area contributed by atoms with Crippen LogP contribution in [0.25, 0.3) is 45.6 Å². The van der Waals surface area contributed by atoms with Crippen molar-refractivity contribution in [2.45, 2.75) is 116 Å². The van der Waals surface area contributed by atoms with E-state index in [1.54, 1.807) is 19.2 Å². The van der Waals surface area contributed by atoms with Crippen LogP contribution in [0.3, 0.4) is 0 Å². The highest BCUT2D eigenvalue weighted by atomic mass is 15.6. The predicted octanol–water partition coefficient (Wildman–Crippen LogP) is 5.48. The Bertz CT molecular complexity index is 1650. The molecule has 0 spiro atoms. The Morgan fingerprint density at radius 1 is 0.320 bits per heavy atom. The molecule has 0 aliphatic carbocycles. The van der Waals surface area contributed by atoms with Crippen LogP contribution in [-0.4, -0.2) is 80.8 Å². The van der Waals surface area contributed by atoms with E-state index in [1.807, 2.05) is 48.5 Å². The second kappa shape index (κ2) is 16.9. The van der Waals surface area contributed by atoms with E-state index in [1.165, 1.54) is 38.5 Å². The standard InChI is InChI=1S/C34H44N16/c1-3-7-11-21-47-39-31(35-43-47)27-17-15-19-29(25-27)33-37-45-49(41-33)23-13-9-5-2-6-10-14-24-50-42-34(38-46-50)30-20-16-18-28(26-30)32-36-44-48(40-32)22-12-8-4-1/h15-20,25-26H,1-14,21-24H2. The Morgan fingerprint density at radius 3 is 0.820 bits per heavy atom. The number of hydrogen-bond acceptors (Lipinski definition) is 12. The fraction of sp³-hybridized carbons (Fsp3) is 0.529. The molecule has 0 unspecified atom stereocenters. The molecule has 0 amide bonds. The molecule has 260 valence electrons. The van der Waals surface area contributed by atoms with Gasteiger partial charge in [0.25, 0.3) is 0 Å². The second-order valence-electron chi connectivity index (χ2n) is 12.9. The Kier molecular flexibility index (Phi) is 11.2. The third-order valence-corrected chi connectivity index (χ3v) is 9.00. The van der Waals surface area contributed by atoms with E-state index in [0.29, 0.717) is 23.3 Å². The summed E-state index contributed by atoms with van der Waals surface area (Å²) in [5, 5.41) is 52.9. The van der Waals surface area contributed by atoms with Gasteiger partial charge in [0.2, 0.25) is 23.3 Å². The lowest BCUT2D eigenvalue weighted by Crippen LogP contribution is -2.03. The van der Waals surface area contributed by atoms with Gasteiger partial charge in [0.1, 0.15) is 0 Å². The molecular formula is C34H44N16. The zero-order chi connectivity index (χ0) is 33.8. The highest BCUT2D eigenvalue weighted by molar-refractivity contribution is 5.66. The molecule has 12 bridgehead atoms. The molecule has 6 aromatic rings. The summed E-state index contributed by atoms with van der Waals surface area (Å²) < 4.78 is 0. The molecule has 1 aliphatic heterocycles. The second-order valence-corrected chi connectivity index (χ2v) is 12.9. The SMILES string of the molecule is c1cc2cc(c1)-c1nnn(n1)CCCCCCCCCn1nnc(n1)-c1cccc(c1)-c1nnn(n1)CCCCCCCCCn1nnc-2n1. The third-order valence-electron chi connectivity index (χ3n) is 9.00. The maximum absolute atomic E-state index is 4.63. The number of aryl methyl sites for hydroxylation is 4. The fourth-order valence-electron chi connectivity index (χ4n) is 6.19. The maximum Gasteiger partial charge on any atom is 0.204 e. The van der Waals surface area contributed by atoms with Crippen LogP contribution in [0.1, 0.15) is 89.9 Å². The normalized spacial score (nSPS) is 16.2. The van der Waals surface area contributed by atoms with Crippen LogP contribution in [0.4, 0.5) is 0 Å². The van der Waals surface area contributed by atoms with E-state index in [-0.39, 0.29) is 0 Å². The molecule has 1 aliphatic rings. The summed E-state index contributed by atoms with van der Waals surface area (Å²) in [5.74, 6) is 2.42. The smallest absolute Gasteiger partial charge is 0.164 e. The number of aromatic nitrogens is 16. The lowest BCUT2D eigenvalue weighted by Gasteiger charge is -2.03. The first kappa shape index (κ1) is 33.2. The Hall–Kier alpha value is -5.28. The molecule has 50 heavy (non-hydrogen) atoms. The topological polar surface area (TPSA) is 174 Å². The van der Waals surface area contributed by atoms with Crippen molar-refractivity contribution in [3.8, 4) is 45.6 Å². The monoisotopic (exact) mass is 676 g/mol. The zero-order valence-corrected chi connectivity index (χ0v) is 28.5. The van der Waals surface area contributed by atoms with Gasteiger partial charge < -0.3 is 0 Å². The van der Waals surface area contributed by atoms with Gasteiger partial charge in [-0.3, -0.25) is 0 Å². The number of hydrogen-bond donors (Lipinski definition) is 0. The molecule has 0 saturated carbocycles. The van der Waals surface area contributed by atoms with E-state index >= 15 is 0 Å². The number of nitrogens with zero attached hydrogens (tertiary/aromatic N) is 16. The Balaban J connectivity index is 0.951. The highest BCUT2D eigenvalue weighted by Crippen LogP contribution is 2.23. The number of fused-ring (bicyclic) bond motifs is 16. The van der Waals surface area contributed by atoms with Crippen molar-refractivity contribution in [1.29, 1.82) is 0 Å². The molecular weight excluding hydrogens is 632 g/mol. The summed E-state index contributed by atoms with van der Waals surface area (Å²) in [6.45, 7) is 3.01. The molecule has 16 heteroatoms. The molecule has 5 heterocycles. The van der Waals surface area contributed by atoms with E-state index in [2.05, 4.69) is 61.6 Å². The first-order valence-corrected chi connectivity index (χ1v) is 18.1. The zero-order valence-electron chi connectivity index (χ0n) is 28.5. The van der Waals surface area contributed by atoms with Crippen molar-refractivity contribution < 1.29 is 0 Å². The maximum atomic E-state index is 4.63. The van der Waals surface area contributed by atoms with Gasteiger partial charge in [-0.15, -0.1) is 40.8 Å². The summed E-state index contributed by atoms with van der Waals surface area (Å²) in [4.78, 5) is 6.79. The van der Waals surface area contributed by atoms with Crippen LogP contribution in [0, 0.1) is 0 Å². The molecule has 16 nitrogen and oxygen atoms in total. The molecule has 0 atom stereocenters. The van der Waals surface area contributed by atoms with Gasteiger partial charge in [-0.2, -0.15) is 19.2 Å². The summed E-state index contributed by atoms with van der Waals surface area (Å²) in [6, 6.07) is 15.9. The van der Waals surface area contributed by atoms with Crippen molar-refractivity contribution in [2.75, 3.05) is 0 Å². The van der Waals surface area contributed by atoms with Gasteiger partial charge in [-0.25, -0.2) is 0 Å². The minimum absolute atomic E-state index is 0.606. The van der Waals surface area contributed by atoms with Gasteiger partial charge in [0.15, 0.2) is 0 Å². The van der Waals surface area contributed by atoms with Crippen molar-refractivity contribution in [3.63, 3.8) is 0 Å². The van der Waals surface area contributed by atoms with Gasteiger partial charge in [-0.05, 0) is 58.7 Å². The minimum atomic E-state index is 0.606. The molecule has 0 N–H and O–H groups in total. The van der Waals surface area contributed by atoms with E-state index in [9.17, 15) is 0 Å². The summed E-state index contributed by atoms with van der Waals surface area (Å²) >= 11 is 0. The summed E-state index contributed by atoms with van der Waals surface area (Å²) in [5.41, 5.74) is 3.56. The minimum Gasteiger partial charge on any atom is -0.164 e. The van der Waals surface area contributed by atoms with Gasteiger partial charge in [0, 0.05) is 22.3 Å². The molecule has 7 rings (SSSR count). The van der Waals surface area contributed by atoms with Crippen LogP contribution in [0.15, 0.2) is 48.5 Å².